The van der Waals surface area contributed by atoms with Crippen molar-refractivity contribution in [1.82, 2.24) is 0 Å². The average molecular weight is 845 g/mol. The first-order valence-electron chi connectivity index (χ1n) is 17.4. The fraction of sp³-hybridized carbons (Fsp3) is 0.0233. The van der Waals surface area contributed by atoms with E-state index in [0.29, 0.717) is 27.8 Å². The summed E-state index contributed by atoms with van der Waals surface area (Å²) in [5.41, 5.74) is 1.95. The summed E-state index contributed by atoms with van der Waals surface area (Å²) in [5, 5.41) is 69.4. The minimum Gasteiger partial charge on any atom is -0.506 e. The summed E-state index contributed by atoms with van der Waals surface area (Å²) < 4.78 is 37.8. The Morgan fingerprint density at radius 3 is 1.47 bits per heavy atom. The van der Waals surface area contributed by atoms with Crippen LogP contribution in [0, 0.1) is 0 Å². The van der Waals surface area contributed by atoms with Crippen molar-refractivity contribution >= 4 is 76.6 Å². The number of rotatable bonds is 8. The Hall–Kier alpha value is -7.22. The number of azo groups is 3. The molecule has 0 fully saturated rings. The van der Waals surface area contributed by atoms with Crippen LogP contribution in [0.3, 0.4) is 0 Å². The molecule has 8 aromatic rings. The minimum absolute atomic E-state index is 0. The molecule has 0 atom stereocenters. The summed E-state index contributed by atoms with van der Waals surface area (Å²) in [4.78, 5) is -0.424. The van der Waals surface area contributed by atoms with E-state index in [1.165, 1.54) is 18.2 Å². The molecule has 294 valence electrons. The van der Waals surface area contributed by atoms with E-state index in [1.807, 2.05) is 36.4 Å². The molecule has 5 N–H and O–H groups in total. The summed E-state index contributed by atoms with van der Waals surface area (Å²) in [7, 11) is -2.95. The number of methoxy groups -OCH3 is 1. The number of phenolic OH excluding ortho intramolecular Hbond substituents is 4. The van der Waals surface area contributed by atoms with Gasteiger partial charge in [0.15, 0.2) is 0 Å². The van der Waals surface area contributed by atoms with Crippen LogP contribution < -0.4 is 4.74 Å². The van der Waals surface area contributed by atoms with Gasteiger partial charge in [0.1, 0.15) is 56.4 Å². The van der Waals surface area contributed by atoms with Crippen LogP contribution in [0.4, 0.5) is 34.1 Å². The van der Waals surface area contributed by atoms with Gasteiger partial charge in [-0.05, 0) is 65.4 Å². The first-order chi connectivity index (χ1) is 28.0. The van der Waals surface area contributed by atoms with E-state index in [9.17, 15) is 33.4 Å². The van der Waals surface area contributed by atoms with E-state index in [2.05, 4.69) is 30.7 Å². The molecule has 0 amide bonds. The Balaban J connectivity index is 0.000000195. The topological polar surface area (TPSA) is 219 Å². The summed E-state index contributed by atoms with van der Waals surface area (Å²) in [6.07, 6.45) is 0. The Bertz CT molecular complexity index is 3040. The molecule has 0 radical (unpaired) electrons. The molecule has 0 saturated carbocycles. The van der Waals surface area contributed by atoms with Gasteiger partial charge in [-0.25, -0.2) is 0 Å². The SMILES string of the molecule is COc1ccc(N=Nc2ccc(O)c(N=Nc3c(O)ccc4ccccc34)c2)cc1.O=S(=O)(O)c1cc(O)c(N=Nc2c(O)ccc3ccccc23)c2ccccc12.[Cr]. The van der Waals surface area contributed by atoms with Gasteiger partial charge in [0.2, 0.25) is 0 Å². The average Bonchev–Trinajstić information content (AvgIpc) is 3.23. The fourth-order valence-corrected chi connectivity index (χ4v) is 6.67. The molecule has 8 aromatic carbocycles. The van der Waals surface area contributed by atoms with Crippen molar-refractivity contribution < 1.29 is 55.5 Å². The van der Waals surface area contributed by atoms with Crippen molar-refractivity contribution in [3.05, 3.63) is 146 Å². The van der Waals surface area contributed by atoms with Crippen molar-refractivity contribution in [3.8, 4) is 28.7 Å². The number of nitrogens with zero attached hydrogens (tertiary/aromatic N) is 6. The van der Waals surface area contributed by atoms with Crippen molar-refractivity contribution in [3.63, 3.8) is 0 Å². The predicted molar refractivity (Wildman–Crippen MR) is 220 cm³/mol. The van der Waals surface area contributed by atoms with Crippen molar-refractivity contribution in [1.29, 1.82) is 0 Å². The summed E-state index contributed by atoms with van der Waals surface area (Å²) in [5.74, 6) is 0.141. The molecule has 0 bridgehead atoms. The monoisotopic (exact) mass is 844 g/mol. The van der Waals surface area contributed by atoms with Gasteiger partial charge in [-0.1, -0.05) is 84.9 Å². The molecule has 16 heteroatoms. The van der Waals surface area contributed by atoms with Crippen LogP contribution in [0.2, 0.25) is 0 Å². The second-order valence-electron chi connectivity index (χ2n) is 12.5. The smallest absolute Gasteiger partial charge is 0.295 e. The Morgan fingerprint density at radius 2 is 0.915 bits per heavy atom. The van der Waals surface area contributed by atoms with E-state index in [-0.39, 0.29) is 57.1 Å². The number of fused-ring (bicyclic) bond motifs is 3. The second kappa shape index (κ2) is 17.9. The van der Waals surface area contributed by atoms with Gasteiger partial charge in [-0.3, -0.25) is 4.55 Å². The van der Waals surface area contributed by atoms with Gasteiger partial charge in [-0.2, -0.15) is 18.6 Å². The number of hydrogen-bond acceptors (Lipinski definition) is 13. The molecular formula is C43H32CrN6O8S. The van der Waals surface area contributed by atoms with Gasteiger partial charge in [0, 0.05) is 45.0 Å². The van der Waals surface area contributed by atoms with E-state index in [0.717, 1.165) is 28.0 Å². The number of aromatic hydroxyl groups is 4. The van der Waals surface area contributed by atoms with Gasteiger partial charge >= 0.3 is 0 Å². The molecule has 0 heterocycles. The molecule has 0 unspecified atom stereocenters. The maximum Gasteiger partial charge on any atom is 0.295 e. The number of phenols is 4. The molecule has 0 spiro atoms. The number of ether oxygens (including phenoxy) is 1. The van der Waals surface area contributed by atoms with Crippen LogP contribution in [0.5, 0.6) is 28.7 Å². The van der Waals surface area contributed by atoms with Gasteiger partial charge < -0.3 is 25.2 Å². The number of benzene rings is 8. The Kier molecular flexibility index (Phi) is 12.6. The maximum absolute atomic E-state index is 11.6. The largest absolute Gasteiger partial charge is 0.506 e. The fourth-order valence-electron chi connectivity index (χ4n) is 5.95. The molecule has 8 rings (SSSR count). The summed E-state index contributed by atoms with van der Waals surface area (Å²) in [6, 6.07) is 40.5. The first kappa shape index (κ1) is 41.4. The van der Waals surface area contributed by atoms with Gasteiger partial charge in [0.25, 0.3) is 10.1 Å². The van der Waals surface area contributed by atoms with E-state index < -0.39 is 20.8 Å². The van der Waals surface area contributed by atoms with Crippen molar-refractivity contribution in [2.45, 2.75) is 4.90 Å². The zero-order chi connectivity index (χ0) is 40.8. The van der Waals surface area contributed by atoms with Crippen LogP contribution in [0.15, 0.2) is 181 Å². The van der Waals surface area contributed by atoms with E-state index in [1.54, 1.807) is 92.0 Å². The molecule has 0 aromatic heterocycles. The van der Waals surface area contributed by atoms with Gasteiger partial charge in [-0.15, -0.1) is 20.5 Å². The molecule has 0 aliphatic heterocycles. The van der Waals surface area contributed by atoms with E-state index in [4.69, 9.17) is 4.74 Å². The van der Waals surface area contributed by atoms with Crippen LogP contribution in [0.1, 0.15) is 0 Å². The quantitative estimate of drug-likeness (QED) is 0.0730. The summed E-state index contributed by atoms with van der Waals surface area (Å²) >= 11 is 0. The van der Waals surface area contributed by atoms with Crippen LogP contribution in [0.25, 0.3) is 32.3 Å². The number of hydrogen-bond donors (Lipinski definition) is 5. The van der Waals surface area contributed by atoms with Crippen LogP contribution in [-0.4, -0.2) is 40.5 Å². The van der Waals surface area contributed by atoms with Crippen molar-refractivity contribution in [2.75, 3.05) is 7.11 Å². The van der Waals surface area contributed by atoms with Crippen LogP contribution in [-0.2, 0) is 27.5 Å². The van der Waals surface area contributed by atoms with E-state index >= 15 is 0 Å². The van der Waals surface area contributed by atoms with Crippen molar-refractivity contribution in [2.24, 2.45) is 30.7 Å². The minimum atomic E-state index is -4.54. The predicted octanol–water partition coefficient (Wildman–Crippen LogP) is 12.2. The zero-order valence-corrected chi connectivity index (χ0v) is 32.9. The second-order valence-corrected chi connectivity index (χ2v) is 13.9. The Morgan fingerprint density at radius 1 is 0.458 bits per heavy atom. The van der Waals surface area contributed by atoms with Gasteiger partial charge in [0.05, 0.1) is 18.5 Å². The molecule has 14 nitrogen and oxygen atoms in total. The standard InChI is InChI=1S/C23H18N4O3.C20H14N2O5S.Cr/c1-30-18-10-7-16(8-11-18)24-25-17-9-13-21(28)20(14-17)26-27-23-19-5-3-2-4-15(19)6-12-22(23)29;23-16-10-9-12-5-1-2-6-13(12)19(16)21-22-20-15-8-4-3-7-14(15)18(11-17(20)24)28(25,26)27;/h2-14,28-29H,1H3;1-11,23-24H,(H,25,26,27);. The molecule has 59 heavy (non-hydrogen) atoms. The molecule has 0 saturated heterocycles. The third-order valence-electron chi connectivity index (χ3n) is 8.81. The third-order valence-corrected chi connectivity index (χ3v) is 9.71. The summed E-state index contributed by atoms with van der Waals surface area (Å²) in [6.45, 7) is 0. The molecule has 0 aliphatic rings. The first-order valence-corrected chi connectivity index (χ1v) is 18.8. The Labute approximate surface area is 347 Å². The zero-order valence-electron chi connectivity index (χ0n) is 30.8. The normalized spacial score (nSPS) is 11.6. The molecule has 0 aliphatic carbocycles. The molecular weight excluding hydrogens is 813 g/mol. The van der Waals surface area contributed by atoms with Crippen LogP contribution >= 0.6 is 0 Å². The maximum atomic E-state index is 11.6. The third kappa shape index (κ3) is 9.33.